The van der Waals surface area contributed by atoms with Crippen molar-refractivity contribution in [1.29, 1.82) is 0 Å². The second-order valence-corrected chi connectivity index (χ2v) is 4.65. The fourth-order valence-corrected chi connectivity index (χ4v) is 2.13. The zero-order valence-electron chi connectivity index (χ0n) is 11.4. The quantitative estimate of drug-likeness (QED) is 0.725. The van der Waals surface area contributed by atoms with Crippen LogP contribution in [-0.2, 0) is 13.5 Å². The van der Waals surface area contributed by atoms with Gasteiger partial charge in [-0.05, 0) is 42.7 Å². The first-order valence-electron chi connectivity index (χ1n) is 6.61. The Bertz CT molecular complexity index is 716. The smallest absolute Gasteiger partial charge is 0.303 e. The van der Waals surface area contributed by atoms with Gasteiger partial charge < -0.3 is 4.74 Å². The van der Waals surface area contributed by atoms with Crippen LogP contribution in [0, 0.1) is 6.92 Å². The van der Waals surface area contributed by atoms with Crippen molar-refractivity contribution in [3.8, 4) is 11.8 Å². The summed E-state index contributed by atoms with van der Waals surface area (Å²) in [7, 11) is 1.90. The lowest BCUT2D eigenvalue weighted by atomic mass is 10.1. The predicted octanol–water partition coefficient (Wildman–Crippen LogP) is 3.53. The van der Waals surface area contributed by atoms with Crippen LogP contribution in [0.2, 0.25) is 0 Å². The zero-order chi connectivity index (χ0) is 13.9. The predicted molar refractivity (Wildman–Crippen MR) is 78.7 cm³/mol. The molecule has 0 atom stereocenters. The van der Waals surface area contributed by atoms with Crippen LogP contribution in [0.4, 0.5) is 0 Å². The van der Waals surface area contributed by atoms with E-state index in [0.717, 1.165) is 29.8 Å². The van der Waals surface area contributed by atoms with E-state index >= 15 is 0 Å². The number of aromatic nitrogens is 3. The van der Waals surface area contributed by atoms with Crippen LogP contribution in [0.1, 0.15) is 12.0 Å². The molecule has 0 aliphatic carbocycles. The summed E-state index contributed by atoms with van der Waals surface area (Å²) in [6.07, 6.45) is 3.63. The summed E-state index contributed by atoms with van der Waals surface area (Å²) in [5.74, 6) is 0.774. The standard InChI is InChI=1S/C16H16N3O/c1-3-5-12-7-9-13(10-8-12)20-16-18-14-6-4-11-17-15(14)19(16)2/h4,6-11H,1,3,5H2,2H3. The third kappa shape index (κ3) is 2.37. The van der Waals surface area contributed by atoms with Gasteiger partial charge in [-0.25, -0.2) is 4.98 Å². The third-order valence-corrected chi connectivity index (χ3v) is 3.18. The highest BCUT2D eigenvalue weighted by Crippen LogP contribution is 2.24. The number of fused-ring (bicyclic) bond motifs is 1. The molecule has 1 radical (unpaired) electrons. The van der Waals surface area contributed by atoms with E-state index in [2.05, 4.69) is 29.0 Å². The summed E-state index contributed by atoms with van der Waals surface area (Å²) in [4.78, 5) is 8.73. The van der Waals surface area contributed by atoms with E-state index in [4.69, 9.17) is 4.74 Å². The van der Waals surface area contributed by atoms with Gasteiger partial charge in [-0.1, -0.05) is 19.1 Å². The molecule has 0 unspecified atom stereocenters. The molecule has 101 valence electrons. The zero-order valence-corrected chi connectivity index (χ0v) is 11.4. The summed E-state index contributed by atoms with van der Waals surface area (Å²) in [5, 5.41) is 0. The van der Waals surface area contributed by atoms with E-state index in [1.165, 1.54) is 5.56 Å². The van der Waals surface area contributed by atoms with Crippen molar-refractivity contribution >= 4 is 11.2 Å². The molecule has 1 aromatic carbocycles. The Hall–Kier alpha value is -2.36. The molecule has 0 saturated heterocycles. The van der Waals surface area contributed by atoms with Crippen molar-refractivity contribution < 1.29 is 4.74 Å². The van der Waals surface area contributed by atoms with Crippen molar-refractivity contribution in [2.24, 2.45) is 7.05 Å². The number of aryl methyl sites for hydroxylation is 2. The third-order valence-electron chi connectivity index (χ3n) is 3.18. The van der Waals surface area contributed by atoms with E-state index in [0.29, 0.717) is 6.01 Å². The van der Waals surface area contributed by atoms with Crippen LogP contribution in [0.15, 0.2) is 42.6 Å². The lowest BCUT2D eigenvalue weighted by Crippen LogP contribution is -1.95. The van der Waals surface area contributed by atoms with E-state index in [-0.39, 0.29) is 0 Å². The minimum absolute atomic E-state index is 0.545. The van der Waals surface area contributed by atoms with Crippen molar-refractivity contribution in [2.45, 2.75) is 12.8 Å². The topological polar surface area (TPSA) is 39.9 Å². The maximum absolute atomic E-state index is 5.82. The highest BCUT2D eigenvalue weighted by molar-refractivity contribution is 5.71. The molecule has 0 aliphatic heterocycles. The van der Waals surface area contributed by atoms with Gasteiger partial charge in [-0.15, -0.1) is 0 Å². The molecule has 20 heavy (non-hydrogen) atoms. The maximum Gasteiger partial charge on any atom is 0.303 e. The Morgan fingerprint density at radius 2 is 2.00 bits per heavy atom. The summed E-state index contributed by atoms with van der Waals surface area (Å²) in [5.41, 5.74) is 2.91. The van der Waals surface area contributed by atoms with Crippen molar-refractivity contribution in [1.82, 2.24) is 14.5 Å². The first-order valence-corrected chi connectivity index (χ1v) is 6.61. The number of rotatable bonds is 4. The Kier molecular flexibility index (Phi) is 3.37. The van der Waals surface area contributed by atoms with E-state index in [1.54, 1.807) is 6.20 Å². The Morgan fingerprint density at radius 3 is 2.70 bits per heavy atom. The second kappa shape index (κ2) is 5.33. The SMILES string of the molecule is [CH2]CCc1ccc(Oc2nc3cccnc3n2C)cc1. The van der Waals surface area contributed by atoms with Gasteiger partial charge in [-0.3, -0.25) is 4.57 Å². The molecule has 4 heteroatoms. The average molecular weight is 266 g/mol. The molecule has 2 aromatic heterocycles. The molecule has 0 spiro atoms. The van der Waals surface area contributed by atoms with Gasteiger partial charge in [0.1, 0.15) is 11.3 Å². The monoisotopic (exact) mass is 266 g/mol. The highest BCUT2D eigenvalue weighted by atomic mass is 16.5. The van der Waals surface area contributed by atoms with Crippen LogP contribution >= 0.6 is 0 Å². The summed E-state index contributed by atoms with van der Waals surface area (Å²) >= 11 is 0. The number of nitrogens with zero attached hydrogens (tertiary/aromatic N) is 3. The molecular formula is C16H16N3O. The Balaban J connectivity index is 1.87. The molecule has 0 amide bonds. The first-order chi connectivity index (χ1) is 9.78. The van der Waals surface area contributed by atoms with Crippen LogP contribution in [0.3, 0.4) is 0 Å². The van der Waals surface area contributed by atoms with Crippen LogP contribution in [-0.4, -0.2) is 14.5 Å². The molecule has 3 rings (SSSR count). The van der Waals surface area contributed by atoms with Gasteiger partial charge >= 0.3 is 6.01 Å². The van der Waals surface area contributed by atoms with Gasteiger partial charge in [0, 0.05) is 13.2 Å². The van der Waals surface area contributed by atoms with Gasteiger partial charge in [0.05, 0.1) is 0 Å². The summed E-state index contributed by atoms with van der Waals surface area (Å²) in [6.45, 7) is 3.86. The number of pyridine rings is 1. The van der Waals surface area contributed by atoms with Crippen molar-refractivity contribution in [2.75, 3.05) is 0 Å². The molecule has 0 bridgehead atoms. The lowest BCUT2D eigenvalue weighted by Gasteiger charge is -2.05. The van der Waals surface area contributed by atoms with Crippen molar-refractivity contribution in [3.05, 3.63) is 55.1 Å². The first kappa shape index (κ1) is 12.7. The molecule has 3 aromatic rings. The molecular weight excluding hydrogens is 250 g/mol. The molecule has 0 aliphatic rings. The number of imidazole rings is 1. The Labute approximate surface area is 118 Å². The van der Waals surface area contributed by atoms with Gasteiger partial charge in [0.2, 0.25) is 0 Å². The molecule has 0 N–H and O–H groups in total. The van der Waals surface area contributed by atoms with Crippen LogP contribution < -0.4 is 4.74 Å². The minimum atomic E-state index is 0.545. The largest absolute Gasteiger partial charge is 0.425 e. The Morgan fingerprint density at radius 1 is 1.20 bits per heavy atom. The van der Waals surface area contributed by atoms with Crippen molar-refractivity contribution in [3.63, 3.8) is 0 Å². The van der Waals surface area contributed by atoms with E-state index in [1.807, 2.05) is 35.9 Å². The highest BCUT2D eigenvalue weighted by Gasteiger charge is 2.10. The number of ether oxygens (including phenoxy) is 1. The van der Waals surface area contributed by atoms with E-state index < -0.39 is 0 Å². The normalized spacial score (nSPS) is 10.9. The minimum Gasteiger partial charge on any atom is -0.425 e. The molecule has 4 nitrogen and oxygen atoms in total. The summed E-state index contributed by atoms with van der Waals surface area (Å²) in [6, 6.07) is 12.4. The molecule has 0 fully saturated rings. The fourth-order valence-electron chi connectivity index (χ4n) is 2.13. The lowest BCUT2D eigenvalue weighted by molar-refractivity contribution is 0.427. The summed E-state index contributed by atoms with van der Waals surface area (Å²) < 4.78 is 7.67. The van der Waals surface area contributed by atoms with Gasteiger partial charge in [0.25, 0.3) is 0 Å². The van der Waals surface area contributed by atoms with Gasteiger partial charge in [-0.2, -0.15) is 4.98 Å². The average Bonchev–Trinajstić information content (AvgIpc) is 2.79. The van der Waals surface area contributed by atoms with Crippen LogP contribution in [0.25, 0.3) is 11.2 Å². The van der Waals surface area contributed by atoms with Gasteiger partial charge in [0.15, 0.2) is 5.65 Å². The number of hydrogen-bond acceptors (Lipinski definition) is 3. The molecule has 0 saturated carbocycles. The maximum atomic E-state index is 5.82. The second-order valence-electron chi connectivity index (χ2n) is 4.65. The molecule has 2 heterocycles. The number of hydrogen-bond donors (Lipinski definition) is 0. The number of benzene rings is 1. The van der Waals surface area contributed by atoms with E-state index in [9.17, 15) is 0 Å². The fraction of sp³-hybridized carbons (Fsp3) is 0.188. The van der Waals surface area contributed by atoms with Crippen LogP contribution in [0.5, 0.6) is 11.8 Å².